The van der Waals surface area contributed by atoms with Crippen LogP contribution in [0, 0.1) is 0 Å². The fourth-order valence-electron chi connectivity index (χ4n) is 4.35. The van der Waals surface area contributed by atoms with Crippen molar-refractivity contribution in [2.75, 3.05) is 25.1 Å². The van der Waals surface area contributed by atoms with Gasteiger partial charge in [-0.3, -0.25) is 9.59 Å². The number of likely N-dealkylation sites (tertiary alicyclic amines) is 1. The number of nitrogens with two attached hydrogens (primary N) is 1. The Morgan fingerprint density at radius 1 is 1.25 bits per heavy atom. The minimum absolute atomic E-state index is 0.0224. The first-order chi connectivity index (χ1) is 17.1. The number of carbonyl (C=O) groups is 2. The lowest BCUT2D eigenvalue weighted by atomic mass is 10.1. The molecule has 4 rings (SSSR count). The van der Waals surface area contributed by atoms with E-state index in [4.69, 9.17) is 28.9 Å². The van der Waals surface area contributed by atoms with E-state index < -0.39 is 21.8 Å². The molecule has 0 radical (unpaired) electrons. The number of imidazole rings is 1. The fraction of sp³-hybridized carbons (Fsp3) is 0.375. The van der Waals surface area contributed by atoms with E-state index in [9.17, 15) is 18.0 Å². The van der Waals surface area contributed by atoms with Crippen LogP contribution >= 0.6 is 23.2 Å². The summed E-state index contributed by atoms with van der Waals surface area (Å²) in [5.74, 6) is -0.438. The van der Waals surface area contributed by atoms with Crippen LogP contribution in [0.4, 0.5) is 0 Å². The van der Waals surface area contributed by atoms with Crippen LogP contribution in [0.15, 0.2) is 36.4 Å². The molecule has 2 atom stereocenters. The van der Waals surface area contributed by atoms with Crippen molar-refractivity contribution in [1.29, 1.82) is 0 Å². The molecule has 0 bridgehead atoms. The Morgan fingerprint density at radius 3 is 2.72 bits per heavy atom. The molecule has 4 N–H and O–H groups in total. The first kappa shape index (κ1) is 26.4. The Balaban J connectivity index is 1.56. The average Bonchev–Trinajstić information content (AvgIpc) is 3.47. The Labute approximate surface area is 219 Å². The Bertz CT molecular complexity index is 1410. The van der Waals surface area contributed by atoms with E-state index in [2.05, 4.69) is 15.3 Å². The average molecular weight is 552 g/mol. The van der Waals surface area contributed by atoms with Crippen LogP contribution in [0.3, 0.4) is 0 Å². The van der Waals surface area contributed by atoms with Gasteiger partial charge in [0, 0.05) is 36.0 Å². The predicted molar refractivity (Wildman–Crippen MR) is 140 cm³/mol. The van der Waals surface area contributed by atoms with Crippen molar-refractivity contribution >= 4 is 55.9 Å². The quantitative estimate of drug-likeness (QED) is 0.392. The van der Waals surface area contributed by atoms with Gasteiger partial charge in [-0.1, -0.05) is 23.2 Å². The summed E-state index contributed by atoms with van der Waals surface area (Å²) in [5.41, 5.74) is 7.63. The highest BCUT2D eigenvalue weighted by atomic mass is 35.5. The van der Waals surface area contributed by atoms with Crippen molar-refractivity contribution in [2.45, 2.75) is 31.3 Å². The number of aromatic nitrogens is 2. The molecular formula is C24H27Cl2N5O4S. The van der Waals surface area contributed by atoms with Gasteiger partial charge in [0.1, 0.15) is 15.7 Å². The molecule has 36 heavy (non-hydrogen) atoms. The zero-order valence-electron chi connectivity index (χ0n) is 19.6. The molecule has 9 nitrogen and oxygen atoms in total. The van der Waals surface area contributed by atoms with Crippen LogP contribution in [0.5, 0.6) is 0 Å². The number of nitrogens with zero attached hydrogens (tertiary/aromatic N) is 2. The molecule has 1 aliphatic heterocycles. The molecule has 2 amide bonds. The Kier molecular flexibility index (Phi) is 7.89. The number of nitrogens with one attached hydrogen (secondary N) is 2. The first-order valence-electron chi connectivity index (χ1n) is 11.5. The van der Waals surface area contributed by atoms with Crippen LogP contribution in [-0.4, -0.2) is 66.2 Å². The van der Waals surface area contributed by atoms with Crippen LogP contribution in [-0.2, 0) is 9.84 Å². The van der Waals surface area contributed by atoms with Crippen molar-refractivity contribution in [1.82, 2.24) is 20.2 Å². The highest BCUT2D eigenvalue weighted by Gasteiger charge is 2.30. The molecule has 3 aromatic rings. The van der Waals surface area contributed by atoms with Gasteiger partial charge in [-0.15, -0.1) is 0 Å². The lowest BCUT2D eigenvalue weighted by Gasteiger charge is -2.24. The van der Waals surface area contributed by atoms with Gasteiger partial charge in [-0.05, 0) is 55.7 Å². The summed E-state index contributed by atoms with van der Waals surface area (Å²) in [4.78, 5) is 35.4. The second-order valence-electron chi connectivity index (χ2n) is 8.95. The standard InChI is InChI=1S/C24H27Cl2N5O4S/c1-36(34,35)10-8-20(22-28-19-7-5-15(25)12-21(19)29-22)30-23(32)14-4-6-17(18(26)11-14)24(33)31-9-2-3-16(31)13-27/h4-7,11-12,16,20H,2-3,8-10,13,27H2,1H3,(H,28,29)(H,30,32)/t16-,20+/m1/s1. The number of halogens is 2. The number of amides is 2. The predicted octanol–water partition coefficient (Wildman–Crippen LogP) is 3.34. The minimum Gasteiger partial charge on any atom is -0.342 e. The van der Waals surface area contributed by atoms with E-state index in [1.54, 1.807) is 23.1 Å². The second-order valence-corrected chi connectivity index (χ2v) is 12.1. The van der Waals surface area contributed by atoms with Gasteiger partial charge in [-0.25, -0.2) is 13.4 Å². The van der Waals surface area contributed by atoms with Gasteiger partial charge >= 0.3 is 0 Å². The second kappa shape index (κ2) is 10.8. The van der Waals surface area contributed by atoms with Crippen molar-refractivity contribution in [3.8, 4) is 0 Å². The lowest BCUT2D eigenvalue weighted by molar-refractivity contribution is 0.0740. The maximum Gasteiger partial charge on any atom is 0.255 e. The molecule has 2 heterocycles. The third kappa shape index (κ3) is 6.00. The number of H-pyrrole nitrogens is 1. The summed E-state index contributed by atoms with van der Waals surface area (Å²) < 4.78 is 23.6. The summed E-state index contributed by atoms with van der Waals surface area (Å²) in [6, 6.07) is 8.88. The number of fused-ring (bicyclic) bond motifs is 1. The Hall–Kier alpha value is -2.66. The molecule has 192 valence electrons. The maximum absolute atomic E-state index is 13.1. The van der Waals surface area contributed by atoms with Crippen molar-refractivity contribution in [3.63, 3.8) is 0 Å². The number of hydrogen-bond acceptors (Lipinski definition) is 6. The monoisotopic (exact) mass is 551 g/mol. The van der Waals surface area contributed by atoms with E-state index in [1.165, 1.54) is 18.2 Å². The first-order valence-corrected chi connectivity index (χ1v) is 14.3. The van der Waals surface area contributed by atoms with E-state index in [-0.39, 0.29) is 34.7 Å². The summed E-state index contributed by atoms with van der Waals surface area (Å²) in [5, 5.41) is 3.52. The molecule has 0 unspecified atom stereocenters. The van der Waals surface area contributed by atoms with E-state index >= 15 is 0 Å². The van der Waals surface area contributed by atoms with E-state index in [1.807, 2.05) is 0 Å². The summed E-state index contributed by atoms with van der Waals surface area (Å²) in [6.45, 7) is 0.997. The summed E-state index contributed by atoms with van der Waals surface area (Å²) in [7, 11) is -3.29. The molecule has 0 saturated carbocycles. The van der Waals surface area contributed by atoms with Crippen LogP contribution in [0.25, 0.3) is 11.0 Å². The molecule has 1 saturated heterocycles. The number of aromatic amines is 1. The van der Waals surface area contributed by atoms with Crippen LogP contribution in [0.2, 0.25) is 10.0 Å². The van der Waals surface area contributed by atoms with Gasteiger partial charge in [-0.2, -0.15) is 0 Å². The van der Waals surface area contributed by atoms with Gasteiger partial charge in [0.2, 0.25) is 0 Å². The number of carbonyl (C=O) groups excluding carboxylic acids is 2. The number of sulfone groups is 1. The van der Waals surface area contributed by atoms with E-state index in [0.29, 0.717) is 40.5 Å². The molecule has 2 aromatic carbocycles. The van der Waals surface area contributed by atoms with Gasteiger partial charge < -0.3 is 20.9 Å². The molecule has 12 heteroatoms. The molecule has 0 spiro atoms. The van der Waals surface area contributed by atoms with E-state index in [0.717, 1.165) is 19.1 Å². The summed E-state index contributed by atoms with van der Waals surface area (Å²) in [6.07, 6.45) is 2.98. The van der Waals surface area contributed by atoms with Crippen molar-refractivity contribution < 1.29 is 18.0 Å². The lowest BCUT2D eigenvalue weighted by Crippen LogP contribution is -2.40. The smallest absolute Gasteiger partial charge is 0.255 e. The van der Waals surface area contributed by atoms with Crippen molar-refractivity contribution in [2.24, 2.45) is 5.73 Å². The van der Waals surface area contributed by atoms with Crippen LogP contribution < -0.4 is 11.1 Å². The van der Waals surface area contributed by atoms with Gasteiger partial charge in [0.15, 0.2) is 0 Å². The molecule has 1 fully saturated rings. The maximum atomic E-state index is 13.1. The zero-order valence-corrected chi connectivity index (χ0v) is 22.0. The normalized spacial score (nSPS) is 16.9. The molecular weight excluding hydrogens is 525 g/mol. The number of hydrogen-bond donors (Lipinski definition) is 3. The molecule has 0 aliphatic carbocycles. The van der Waals surface area contributed by atoms with Crippen LogP contribution in [0.1, 0.15) is 51.8 Å². The van der Waals surface area contributed by atoms with Gasteiger partial charge in [0.05, 0.1) is 33.4 Å². The Morgan fingerprint density at radius 2 is 2.03 bits per heavy atom. The topological polar surface area (TPSA) is 138 Å². The summed E-state index contributed by atoms with van der Waals surface area (Å²) >= 11 is 12.5. The number of rotatable bonds is 8. The minimum atomic E-state index is -3.29. The third-order valence-corrected chi connectivity index (χ3v) is 7.77. The number of benzene rings is 2. The third-order valence-electron chi connectivity index (χ3n) is 6.25. The molecule has 1 aliphatic rings. The molecule has 1 aromatic heterocycles. The van der Waals surface area contributed by atoms with Crippen molar-refractivity contribution in [3.05, 3.63) is 63.4 Å². The van der Waals surface area contributed by atoms with Gasteiger partial charge in [0.25, 0.3) is 11.8 Å². The largest absolute Gasteiger partial charge is 0.342 e. The fourth-order valence-corrected chi connectivity index (χ4v) is 5.45. The zero-order chi connectivity index (χ0) is 26.0. The SMILES string of the molecule is CS(=O)(=O)CC[C@H](NC(=O)c1ccc(C(=O)N2CCC[C@@H]2CN)c(Cl)c1)c1nc2ccc(Cl)cc2[nH]1. The highest BCUT2D eigenvalue weighted by molar-refractivity contribution is 7.90. The highest BCUT2D eigenvalue weighted by Crippen LogP contribution is 2.26.